The first kappa shape index (κ1) is 13.8. The van der Waals surface area contributed by atoms with Gasteiger partial charge in [0.25, 0.3) is 5.91 Å². The summed E-state index contributed by atoms with van der Waals surface area (Å²) in [6.07, 6.45) is -1.31. The van der Waals surface area contributed by atoms with Crippen molar-refractivity contribution in [1.29, 1.82) is 0 Å². The summed E-state index contributed by atoms with van der Waals surface area (Å²) in [7, 11) is 0. The molecule has 2 amide bonds. The van der Waals surface area contributed by atoms with Crippen LogP contribution < -0.4 is 4.90 Å². The molecule has 0 fully saturated rings. The minimum Gasteiger partial charge on any atom is -0.464 e. The lowest BCUT2D eigenvalue weighted by atomic mass is 10.0. The quantitative estimate of drug-likeness (QED) is 0.876. The number of anilines is 1. The lowest BCUT2D eigenvalue weighted by Crippen LogP contribution is -2.36. The number of benzene rings is 1. The Labute approximate surface area is 129 Å². The molecule has 1 aromatic heterocycles. The number of halogens is 1. The molecule has 0 radical (unpaired) electrons. The molecule has 1 aliphatic rings. The summed E-state index contributed by atoms with van der Waals surface area (Å²) in [4.78, 5) is 28.3. The maximum Gasteiger partial charge on any atom is 0.419 e. The van der Waals surface area contributed by atoms with Crippen molar-refractivity contribution in [1.82, 2.24) is 0 Å². The number of hydrogen-bond acceptors (Lipinski definition) is 4. The highest BCUT2D eigenvalue weighted by molar-refractivity contribution is 7.15. The number of hydrogen-bond donors (Lipinski definition) is 1. The lowest BCUT2D eigenvalue weighted by Gasteiger charge is -2.14. The standard InChI is InChI=1S/C14H9ClN2O3S/c15-10-4-2-1-3-8(10)12-9-5-6-21-13(9)17(14(19)20)11(18)7-16-12/h1-6H,7H2,(H,19,20). The molecular formula is C14H9ClN2O3S. The number of aliphatic imine (C=N–C) groups is 1. The number of carbonyl (C=O) groups is 2. The summed E-state index contributed by atoms with van der Waals surface area (Å²) in [5.74, 6) is -0.576. The van der Waals surface area contributed by atoms with Crippen molar-refractivity contribution in [2.45, 2.75) is 0 Å². The van der Waals surface area contributed by atoms with Gasteiger partial charge in [-0.05, 0) is 17.5 Å². The Morgan fingerprint density at radius 1 is 1.29 bits per heavy atom. The summed E-state index contributed by atoms with van der Waals surface area (Å²) in [5, 5.41) is 11.8. The molecule has 1 aromatic carbocycles. The van der Waals surface area contributed by atoms with Gasteiger partial charge >= 0.3 is 6.09 Å². The van der Waals surface area contributed by atoms with Crippen LogP contribution in [0.3, 0.4) is 0 Å². The molecule has 7 heteroatoms. The van der Waals surface area contributed by atoms with Crippen LogP contribution in [0.5, 0.6) is 0 Å². The molecule has 2 aromatic rings. The van der Waals surface area contributed by atoms with Gasteiger partial charge in [0.15, 0.2) is 0 Å². The zero-order valence-corrected chi connectivity index (χ0v) is 12.2. The molecule has 2 heterocycles. The highest BCUT2D eigenvalue weighted by Gasteiger charge is 2.31. The van der Waals surface area contributed by atoms with Gasteiger partial charge in [-0.3, -0.25) is 9.79 Å². The van der Waals surface area contributed by atoms with Crippen LogP contribution in [0.15, 0.2) is 40.7 Å². The summed E-state index contributed by atoms with van der Waals surface area (Å²) in [6, 6.07) is 8.89. The van der Waals surface area contributed by atoms with E-state index in [4.69, 9.17) is 11.6 Å². The molecule has 5 nitrogen and oxygen atoms in total. The molecule has 1 N–H and O–H groups in total. The predicted octanol–water partition coefficient (Wildman–Crippen LogP) is 3.26. The molecule has 3 rings (SSSR count). The SMILES string of the molecule is O=C(O)N1C(=O)CN=C(c2ccccc2Cl)c2ccsc21. The Hall–Kier alpha value is -2.18. The van der Waals surface area contributed by atoms with Gasteiger partial charge < -0.3 is 5.11 Å². The van der Waals surface area contributed by atoms with E-state index in [1.165, 1.54) is 11.3 Å². The van der Waals surface area contributed by atoms with Crippen molar-refractivity contribution in [3.05, 3.63) is 51.9 Å². The number of thiophene rings is 1. The average Bonchev–Trinajstić information content (AvgIpc) is 2.85. The topological polar surface area (TPSA) is 70.0 Å². The number of imide groups is 1. The summed E-state index contributed by atoms with van der Waals surface area (Å²) < 4.78 is 0. The second-order valence-corrected chi connectivity index (χ2v) is 5.60. The van der Waals surface area contributed by atoms with Crippen molar-refractivity contribution in [2.24, 2.45) is 4.99 Å². The third kappa shape index (κ3) is 2.32. The van der Waals surface area contributed by atoms with Crippen molar-refractivity contribution in [2.75, 3.05) is 11.4 Å². The van der Waals surface area contributed by atoms with Crippen molar-refractivity contribution in [3.8, 4) is 0 Å². The van der Waals surface area contributed by atoms with Crippen LogP contribution in [-0.2, 0) is 4.79 Å². The van der Waals surface area contributed by atoms with E-state index in [1.807, 2.05) is 6.07 Å². The first-order valence-electron chi connectivity index (χ1n) is 6.02. The van der Waals surface area contributed by atoms with Gasteiger partial charge in [0, 0.05) is 16.1 Å². The summed E-state index contributed by atoms with van der Waals surface area (Å²) in [5.41, 5.74) is 1.81. The van der Waals surface area contributed by atoms with Gasteiger partial charge in [-0.1, -0.05) is 29.8 Å². The molecule has 0 saturated carbocycles. The second kappa shape index (κ2) is 5.31. The minimum atomic E-state index is -1.31. The Kier molecular flexibility index (Phi) is 3.48. The van der Waals surface area contributed by atoms with E-state index in [1.54, 1.807) is 29.6 Å². The van der Waals surface area contributed by atoms with E-state index >= 15 is 0 Å². The molecule has 0 atom stereocenters. The van der Waals surface area contributed by atoms with E-state index in [-0.39, 0.29) is 6.54 Å². The Morgan fingerprint density at radius 2 is 2.05 bits per heavy atom. The van der Waals surface area contributed by atoms with Crippen molar-refractivity contribution >= 4 is 45.7 Å². The van der Waals surface area contributed by atoms with Gasteiger partial charge in [0.1, 0.15) is 11.5 Å². The van der Waals surface area contributed by atoms with Gasteiger partial charge in [0.05, 0.1) is 5.71 Å². The van der Waals surface area contributed by atoms with Crippen LogP contribution in [0.25, 0.3) is 0 Å². The molecule has 1 aliphatic heterocycles. The Morgan fingerprint density at radius 3 is 2.76 bits per heavy atom. The molecule has 0 bridgehead atoms. The van der Waals surface area contributed by atoms with Gasteiger partial charge in [0.2, 0.25) is 0 Å². The summed E-state index contributed by atoms with van der Waals surface area (Å²) in [6.45, 7) is -0.228. The third-order valence-corrected chi connectivity index (χ3v) is 4.27. The first-order chi connectivity index (χ1) is 10.1. The normalized spacial score (nSPS) is 14.4. The first-order valence-corrected chi connectivity index (χ1v) is 7.28. The fourth-order valence-electron chi connectivity index (χ4n) is 2.15. The number of amides is 2. The number of rotatable bonds is 1. The second-order valence-electron chi connectivity index (χ2n) is 4.30. The van der Waals surface area contributed by atoms with Crippen molar-refractivity contribution < 1.29 is 14.7 Å². The van der Waals surface area contributed by atoms with E-state index in [0.29, 0.717) is 26.9 Å². The van der Waals surface area contributed by atoms with Crippen LogP contribution in [-0.4, -0.2) is 29.4 Å². The molecule has 106 valence electrons. The number of nitrogens with zero attached hydrogens (tertiary/aromatic N) is 2. The van der Waals surface area contributed by atoms with Crippen LogP contribution in [0.1, 0.15) is 11.1 Å². The number of carbonyl (C=O) groups excluding carboxylic acids is 1. The van der Waals surface area contributed by atoms with Gasteiger partial charge in [-0.25, -0.2) is 9.69 Å². The summed E-state index contributed by atoms with van der Waals surface area (Å²) >= 11 is 7.37. The monoisotopic (exact) mass is 320 g/mol. The largest absolute Gasteiger partial charge is 0.464 e. The van der Waals surface area contributed by atoms with Crippen LogP contribution >= 0.6 is 22.9 Å². The van der Waals surface area contributed by atoms with Crippen molar-refractivity contribution in [3.63, 3.8) is 0 Å². The van der Waals surface area contributed by atoms with Crippen LogP contribution in [0, 0.1) is 0 Å². The zero-order chi connectivity index (χ0) is 15.0. The van der Waals surface area contributed by atoms with E-state index < -0.39 is 12.0 Å². The van der Waals surface area contributed by atoms with Crippen LogP contribution in [0.2, 0.25) is 5.02 Å². The van der Waals surface area contributed by atoms with Gasteiger partial charge in [-0.15, -0.1) is 11.3 Å². The molecule has 0 saturated heterocycles. The average molecular weight is 321 g/mol. The molecule has 0 aliphatic carbocycles. The number of fused-ring (bicyclic) bond motifs is 1. The Bertz CT molecular complexity index is 769. The highest BCUT2D eigenvalue weighted by Crippen LogP contribution is 2.33. The molecule has 21 heavy (non-hydrogen) atoms. The van der Waals surface area contributed by atoms with E-state index in [9.17, 15) is 14.7 Å². The lowest BCUT2D eigenvalue weighted by molar-refractivity contribution is -0.116. The van der Waals surface area contributed by atoms with Gasteiger partial charge in [-0.2, -0.15) is 0 Å². The fraction of sp³-hybridized carbons (Fsp3) is 0.0714. The van der Waals surface area contributed by atoms with E-state index in [0.717, 1.165) is 4.90 Å². The van der Waals surface area contributed by atoms with Crippen LogP contribution in [0.4, 0.5) is 9.80 Å². The molecular weight excluding hydrogens is 312 g/mol. The van der Waals surface area contributed by atoms with E-state index in [2.05, 4.69) is 4.99 Å². The third-order valence-electron chi connectivity index (χ3n) is 3.05. The minimum absolute atomic E-state index is 0.228. The molecule has 0 unspecified atom stereocenters. The zero-order valence-electron chi connectivity index (χ0n) is 10.6. The Balaban J connectivity index is 2.20. The smallest absolute Gasteiger partial charge is 0.419 e. The number of carboxylic acid groups (broad SMARTS) is 1. The molecule has 0 spiro atoms. The highest BCUT2D eigenvalue weighted by atomic mass is 35.5. The fourth-order valence-corrected chi connectivity index (χ4v) is 3.28. The maximum atomic E-state index is 12.0. The maximum absolute atomic E-state index is 12.0. The predicted molar refractivity (Wildman–Crippen MR) is 81.8 cm³/mol.